The molecule has 1 saturated heterocycles. The SMILES string of the molecule is COc1ccc(/C=C2/SC(N3CCCC(C)C3)=NC2=O)cc1. The minimum atomic E-state index is -0.131. The number of thioether (sulfide) groups is 1. The summed E-state index contributed by atoms with van der Waals surface area (Å²) in [4.78, 5) is 19.3. The van der Waals surface area contributed by atoms with Gasteiger partial charge in [-0.15, -0.1) is 0 Å². The average Bonchev–Trinajstić information content (AvgIpc) is 2.89. The highest BCUT2D eigenvalue weighted by molar-refractivity contribution is 8.18. The van der Waals surface area contributed by atoms with E-state index in [4.69, 9.17) is 4.74 Å². The largest absolute Gasteiger partial charge is 0.497 e. The fourth-order valence-corrected chi connectivity index (χ4v) is 3.70. The zero-order chi connectivity index (χ0) is 15.5. The Bertz CT molecular complexity index is 622. The van der Waals surface area contributed by atoms with Gasteiger partial charge in [0.1, 0.15) is 5.75 Å². The van der Waals surface area contributed by atoms with Gasteiger partial charge in [0, 0.05) is 13.1 Å². The lowest BCUT2D eigenvalue weighted by Crippen LogP contribution is -2.37. The van der Waals surface area contributed by atoms with E-state index in [2.05, 4.69) is 16.8 Å². The third-order valence-corrected chi connectivity index (χ3v) is 4.99. The summed E-state index contributed by atoms with van der Waals surface area (Å²) in [6, 6.07) is 7.68. The van der Waals surface area contributed by atoms with Gasteiger partial charge in [-0.25, -0.2) is 0 Å². The Morgan fingerprint density at radius 3 is 2.82 bits per heavy atom. The second-order valence-corrected chi connectivity index (χ2v) is 6.79. The quantitative estimate of drug-likeness (QED) is 0.784. The van der Waals surface area contributed by atoms with Crippen LogP contribution in [0.3, 0.4) is 0 Å². The summed E-state index contributed by atoms with van der Waals surface area (Å²) in [6.07, 6.45) is 4.33. The predicted molar refractivity (Wildman–Crippen MR) is 91.0 cm³/mol. The van der Waals surface area contributed by atoms with Crippen LogP contribution in [0.4, 0.5) is 0 Å². The lowest BCUT2D eigenvalue weighted by Gasteiger charge is -2.31. The van der Waals surface area contributed by atoms with Crippen molar-refractivity contribution in [2.75, 3.05) is 20.2 Å². The van der Waals surface area contributed by atoms with Gasteiger partial charge in [-0.3, -0.25) is 4.79 Å². The number of aliphatic imine (C=N–C) groups is 1. The molecule has 116 valence electrons. The number of amides is 1. The van der Waals surface area contributed by atoms with Crippen LogP contribution in [0.1, 0.15) is 25.3 Å². The molecule has 0 bridgehead atoms. The van der Waals surface area contributed by atoms with Gasteiger partial charge >= 0.3 is 0 Å². The molecule has 4 nitrogen and oxygen atoms in total. The minimum absolute atomic E-state index is 0.131. The molecule has 0 aliphatic carbocycles. The Kier molecular flexibility index (Phi) is 4.52. The maximum Gasteiger partial charge on any atom is 0.286 e. The van der Waals surface area contributed by atoms with E-state index in [1.165, 1.54) is 24.6 Å². The highest BCUT2D eigenvalue weighted by Crippen LogP contribution is 2.32. The van der Waals surface area contributed by atoms with Gasteiger partial charge < -0.3 is 9.64 Å². The summed E-state index contributed by atoms with van der Waals surface area (Å²) in [5.41, 5.74) is 0.986. The lowest BCUT2D eigenvalue weighted by molar-refractivity contribution is -0.113. The number of carbonyl (C=O) groups is 1. The number of likely N-dealkylation sites (tertiary alicyclic amines) is 1. The second kappa shape index (κ2) is 6.57. The van der Waals surface area contributed by atoms with Crippen LogP contribution in [-0.4, -0.2) is 36.2 Å². The number of ether oxygens (including phenoxy) is 1. The molecule has 3 rings (SSSR count). The molecule has 0 N–H and O–H groups in total. The van der Waals surface area contributed by atoms with Crippen LogP contribution in [-0.2, 0) is 4.79 Å². The summed E-state index contributed by atoms with van der Waals surface area (Å²) in [7, 11) is 1.64. The number of nitrogens with zero attached hydrogens (tertiary/aromatic N) is 2. The minimum Gasteiger partial charge on any atom is -0.497 e. The van der Waals surface area contributed by atoms with Crippen LogP contribution in [0.5, 0.6) is 5.75 Å². The Balaban J connectivity index is 1.72. The van der Waals surface area contributed by atoms with Crippen LogP contribution < -0.4 is 4.74 Å². The summed E-state index contributed by atoms with van der Waals surface area (Å²) in [5.74, 6) is 1.35. The van der Waals surface area contributed by atoms with Gasteiger partial charge in [0.2, 0.25) is 0 Å². The first-order valence-electron chi connectivity index (χ1n) is 7.57. The van der Waals surface area contributed by atoms with Crippen molar-refractivity contribution in [3.63, 3.8) is 0 Å². The maximum atomic E-state index is 12.1. The van der Waals surface area contributed by atoms with Crippen molar-refractivity contribution in [3.05, 3.63) is 34.7 Å². The first-order chi connectivity index (χ1) is 10.7. The van der Waals surface area contributed by atoms with E-state index in [0.717, 1.165) is 29.6 Å². The lowest BCUT2D eigenvalue weighted by atomic mass is 10.0. The van der Waals surface area contributed by atoms with Crippen LogP contribution in [0.25, 0.3) is 6.08 Å². The number of piperidine rings is 1. The van der Waals surface area contributed by atoms with E-state index >= 15 is 0 Å². The Morgan fingerprint density at radius 2 is 2.14 bits per heavy atom. The standard InChI is InChI=1S/C17H20N2O2S/c1-12-4-3-9-19(11-12)17-18-16(20)15(22-17)10-13-5-7-14(21-2)8-6-13/h5-8,10,12H,3-4,9,11H2,1-2H3/b15-10+. The second-order valence-electron chi connectivity index (χ2n) is 5.78. The third-order valence-electron chi connectivity index (χ3n) is 3.95. The van der Waals surface area contributed by atoms with Crippen molar-refractivity contribution >= 4 is 28.9 Å². The van der Waals surface area contributed by atoms with Gasteiger partial charge in [-0.05, 0) is 54.3 Å². The van der Waals surface area contributed by atoms with E-state index in [1.54, 1.807) is 7.11 Å². The number of benzene rings is 1. The highest BCUT2D eigenvalue weighted by atomic mass is 32.2. The molecule has 2 heterocycles. The molecule has 1 fully saturated rings. The number of amidine groups is 1. The smallest absolute Gasteiger partial charge is 0.286 e. The molecule has 0 saturated carbocycles. The summed E-state index contributed by atoms with van der Waals surface area (Å²) in [5, 5.41) is 0.858. The monoisotopic (exact) mass is 316 g/mol. The summed E-state index contributed by atoms with van der Waals surface area (Å²) in [6.45, 7) is 4.25. The van der Waals surface area contributed by atoms with Gasteiger partial charge in [-0.1, -0.05) is 19.1 Å². The number of hydrogen-bond donors (Lipinski definition) is 0. The van der Waals surface area contributed by atoms with Gasteiger partial charge in [0.25, 0.3) is 5.91 Å². The molecule has 0 spiro atoms. The predicted octanol–water partition coefficient (Wildman–Crippen LogP) is 3.40. The highest BCUT2D eigenvalue weighted by Gasteiger charge is 2.28. The Labute approximate surface area is 135 Å². The average molecular weight is 316 g/mol. The molecule has 22 heavy (non-hydrogen) atoms. The van der Waals surface area contributed by atoms with Crippen molar-refractivity contribution in [2.45, 2.75) is 19.8 Å². The van der Waals surface area contributed by atoms with Crippen molar-refractivity contribution in [1.82, 2.24) is 4.90 Å². The van der Waals surface area contributed by atoms with E-state index in [1.807, 2.05) is 30.3 Å². The molecule has 1 amide bonds. The van der Waals surface area contributed by atoms with Crippen LogP contribution >= 0.6 is 11.8 Å². The first-order valence-corrected chi connectivity index (χ1v) is 8.39. The Hall–Kier alpha value is -1.75. The molecule has 5 heteroatoms. The zero-order valence-electron chi connectivity index (χ0n) is 12.9. The summed E-state index contributed by atoms with van der Waals surface area (Å²) < 4.78 is 5.14. The molecule has 0 radical (unpaired) electrons. The molecular weight excluding hydrogens is 296 g/mol. The number of methoxy groups -OCH3 is 1. The van der Waals surface area contributed by atoms with E-state index in [-0.39, 0.29) is 5.91 Å². The normalized spacial score (nSPS) is 23.8. The van der Waals surface area contributed by atoms with E-state index in [9.17, 15) is 4.79 Å². The molecule has 2 aliphatic heterocycles. The van der Waals surface area contributed by atoms with E-state index < -0.39 is 0 Å². The van der Waals surface area contributed by atoms with Crippen molar-refractivity contribution in [2.24, 2.45) is 10.9 Å². The van der Waals surface area contributed by atoms with Gasteiger partial charge in [-0.2, -0.15) is 4.99 Å². The molecular formula is C17H20N2O2S. The molecule has 1 unspecified atom stereocenters. The third kappa shape index (κ3) is 3.35. The van der Waals surface area contributed by atoms with Crippen LogP contribution in [0, 0.1) is 5.92 Å². The van der Waals surface area contributed by atoms with Gasteiger partial charge in [0.05, 0.1) is 12.0 Å². The fourth-order valence-electron chi connectivity index (χ4n) is 2.75. The van der Waals surface area contributed by atoms with Crippen molar-refractivity contribution in [3.8, 4) is 5.75 Å². The fraction of sp³-hybridized carbons (Fsp3) is 0.412. The first kappa shape index (κ1) is 15.2. The molecule has 0 aromatic heterocycles. The molecule has 2 aliphatic rings. The maximum absolute atomic E-state index is 12.1. The topological polar surface area (TPSA) is 41.9 Å². The molecule has 1 aromatic rings. The number of rotatable bonds is 2. The van der Waals surface area contributed by atoms with E-state index in [0.29, 0.717) is 10.8 Å². The molecule has 1 atom stereocenters. The number of carbonyl (C=O) groups excluding carboxylic acids is 1. The zero-order valence-corrected chi connectivity index (χ0v) is 13.7. The Morgan fingerprint density at radius 1 is 1.36 bits per heavy atom. The van der Waals surface area contributed by atoms with Crippen molar-refractivity contribution < 1.29 is 9.53 Å². The van der Waals surface area contributed by atoms with Crippen LogP contribution in [0.2, 0.25) is 0 Å². The molecule has 1 aromatic carbocycles. The number of hydrogen-bond acceptors (Lipinski definition) is 4. The van der Waals surface area contributed by atoms with Crippen LogP contribution in [0.15, 0.2) is 34.2 Å². The van der Waals surface area contributed by atoms with Gasteiger partial charge in [0.15, 0.2) is 5.17 Å². The van der Waals surface area contributed by atoms with Crippen molar-refractivity contribution in [1.29, 1.82) is 0 Å². The summed E-state index contributed by atoms with van der Waals surface area (Å²) >= 11 is 1.49.